The third-order valence-electron chi connectivity index (χ3n) is 1.08. The van der Waals surface area contributed by atoms with Gasteiger partial charge in [0.15, 0.2) is 6.26 Å². The van der Waals surface area contributed by atoms with E-state index in [1.165, 1.54) is 0 Å². The predicted octanol–water partition coefficient (Wildman–Crippen LogP) is 1.42. The summed E-state index contributed by atoms with van der Waals surface area (Å²) in [5.74, 6) is 0. The molecule has 1 atom stereocenters. The van der Waals surface area contributed by atoms with Crippen LogP contribution in [-0.2, 0) is 23.5 Å². The second kappa shape index (κ2) is 3.66. The number of para-hydroxylation sites is 1. The van der Waals surface area contributed by atoms with E-state index in [1.807, 2.05) is 6.07 Å². The summed E-state index contributed by atoms with van der Waals surface area (Å²) in [5, 5.41) is 0. The highest BCUT2D eigenvalue weighted by Gasteiger charge is 2.21. The molecule has 0 saturated carbocycles. The van der Waals surface area contributed by atoms with Gasteiger partial charge in [0.25, 0.3) is 0 Å². The Morgan fingerprint density at radius 1 is 1.33 bits per heavy atom. The van der Waals surface area contributed by atoms with Gasteiger partial charge in [0.05, 0.1) is 10.2 Å². The molecule has 0 aliphatic heterocycles. The van der Waals surface area contributed by atoms with E-state index in [2.05, 4.69) is 9.76 Å². The number of benzene rings is 1. The quantitative estimate of drug-likeness (QED) is 0.575. The molecular formula is C7H9NO3S+. The van der Waals surface area contributed by atoms with Crippen molar-refractivity contribution in [3.05, 3.63) is 30.3 Å². The number of nitrogens with one attached hydrogen (secondary N) is 1. The Bertz CT molecular complexity index is 282. The fraction of sp³-hybridized carbons (Fsp3) is 0.143. The van der Waals surface area contributed by atoms with E-state index in [-0.39, 0.29) is 0 Å². The topological polar surface area (TPSA) is 58.2 Å². The van der Waals surface area contributed by atoms with Gasteiger partial charge in [0.2, 0.25) is 0 Å². The Morgan fingerprint density at radius 2 is 1.92 bits per heavy atom. The molecule has 0 spiro atoms. The maximum absolute atomic E-state index is 10.5. The molecule has 65 valence electrons. The van der Waals surface area contributed by atoms with Crippen LogP contribution in [0.1, 0.15) is 0 Å². The lowest BCUT2D eigenvalue weighted by Gasteiger charge is -1.99. The Hall–Kier alpha value is -0.910. The lowest BCUT2D eigenvalue weighted by molar-refractivity contribution is 0.304. The van der Waals surface area contributed by atoms with Crippen LogP contribution in [0, 0.1) is 0 Å². The fourth-order valence-electron chi connectivity index (χ4n) is 0.630. The average Bonchev–Trinajstić information content (AvgIpc) is 2.02. The van der Waals surface area contributed by atoms with Crippen molar-refractivity contribution in [3.8, 4) is 0 Å². The van der Waals surface area contributed by atoms with Gasteiger partial charge < -0.3 is 0 Å². The number of hydrogen-bond donors (Lipinski definition) is 1. The van der Waals surface area contributed by atoms with Crippen molar-refractivity contribution in [2.75, 3.05) is 11.7 Å². The second-order valence-electron chi connectivity index (χ2n) is 2.26. The Kier molecular flexibility index (Phi) is 2.80. The van der Waals surface area contributed by atoms with E-state index < -0.39 is 10.5 Å². The van der Waals surface area contributed by atoms with Gasteiger partial charge in [-0.25, -0.2) is 5.48 Å². The summed E-state index contributed by atoms with van der Waals surface area (Å²) in [7, 11) is -3.43. The van der Waals surface area contributed by atoms with Crippen LogP contribution >= 0.6 is 0 Å². The summed E-state index contributed by atoms with van der Waals surface area (Å²) in [5.41, 5.74) is 2.90. The average molecular weight is 187 g/mol. The highest BCUT2D eigenvalue weighted by atomic mass is 32.3. The van der Waals surface area contributed by atoms with Gasteiger partial charge in [-0.15, -0.1) is 0 Å². The summed E-state index contributed by atoms with van der Waals surface area (Å²) in [6.07, 6.45) is 0.975. The van der Waals surface area contributed by atoms with Crippen LogP contribution in [0.2, 0.25) is 0 Å². The van der Waals surface area contributed by atoms with E-state index in [4.69, 9.17) is 0 Å². The summed E-state index contributed by atoms with van der Waals surface area (Å²) in [6, 6.07) is 8.77. The maximum Gasteiger partial charge on any atom is 0.416 e. The number of hydrogen-bond acceptors (Lipinski definition) is 3. The van der Waals surface area contributed by atoms with Gasteiger partial charge >= 0.3 is 10.5 Å². The predicted molar refractivity (Wildman–Crippen MR) is 45.8 cm³/mol. The van der Waals surface area contributed by atoms with Crippen molar-refractivity contribution in [1.29, 1.82) is 0 Å². The molecule has 0 heterocycles. The maximum atomic E-state index is 10.5. The van der Waals surface area contributed by atoms with E-state index in [0.717, 1.165) is 6.26 Å². The summed E-state index contributed by atoms with van der Waals surface area (Å²) < 4.78 is 25.4. The zero-order chi connectivity index (χ0) is 9.03. The Labute approximate surface area is 72.0 Å². The first-order chi connectivity index (χ1) is 5.58. The molecule has 1 unspecified atom stereocenters. The number of rotatable bonds is 3. The largest absolute Gasteiger partial charge is 0.416 e. The monoisotopic (exact) mass is 187 g/mol. The van der Waals surface area contributed by atoms with Crippen molar-refractivity contribution >= 4 is 16.2 Å². The van der Waals surface area contributed by atoms with Crippen LogP contribution in [0.4, 0.5) is 5.69 Å². The van der Waals surface area contributed by atoms with Gasteiger partial charge in [0, 0.05) is 0 Å². The highest BCUT2D eigenvalue weighted by molar-refractivity contribution is 7.92. The molecule has 5 heteroatoms. The summed E-state index contributed by atoms with van der Waals surface area (Å²) in [4.78, 5) is 0. The molecule has 0 aliphatic rings. The minimum Gasteiger partial charge on any atom is -0.214 e. The molecule has 1 radical (unpaired) electrons. The fourth-order valence-corrected chi connectivity index (χ4v) is 0.878. The molecule has 0 fully saturated rings. The van der Waals surface area contributed by atoms with Gasteiger partial charge in [-0.2, -0.15) is 0 Å². The lowest BCUT2D eigenvalue weighted by Crippen LogP contribution is -2.13. The first kappa shape index (κ1) is 9.18. The SMILES string of the molecule is C[S+]([O])(=O)ONc1ccccc1. The standard InChI is InChI=1S/C7H9NO3S/c1-12(9,10)11-8-7-5-3-2-4-6-7/h2-6,8H,1H3/q+1. The normalized spacial score (nSPS) is 15.2. The smallest absolute Gasteiger partial charge is 0.214 e. The second-order valence-corrected chi connectivity index (χ2v) is 3.83. The van der Waals surface area contributed by atoms with Gasteiger partial charge in [-0.05, 0) is 20.6 Å². The van der Waals surface area contributed by atoms with Crippen LogP contribution in [0.3, 0.4) is 0 Å². The van der Waals surface area contributed by atoms with Gasteiger partial charge in [-0.1, -0.05) is 18.2 Å². The van der Waals surface area contributed by atoms with E-state index in [0.29, 0.717) is 5.69 Å². The zero-order valence-corrected chi connectivity index (χ0v) is 7.34. The van der Waals surface area contributed by atoms with Crippen molar-refractivity contribution < 1.29 is 13.0 Å². The minimum absolute atomic E-state index is 0.600. The lowest BCUT2D eigenvalue weighted by atomic mass is 10.3. The molecule has 0 saturated heterocycles. The van der Waals surface area contributed by atoms with Crippen LogP contribution in [0.5, 0.6) is 0 Å². The minimum atomic E-state index is -3.43. The van der Waals surface area contributed by atoms with Crippen LogP contribution < -0.4 is 5.48 Å². The zero-order valence-electron chi connectivity index (χ0n) is 6.52. The molecule has 0 bridgehead atoms. The molecule has 1 aromatic rings. The van der Waals surface area contributed by atoms with E-state index in [1.54, 1.807) is 24.3 Å². The molecular weight excluding hydrogens is 178 g/mol. The van der Waals surface area contributed by atoms with Gasteiger partial charge in [-0.3, -0.25) is 0 Å². The molecule has 1 rings (SSSR count). The van der Waals surface area contributed by atoms with Crippen molar-refractivity contribution in [2.45, 2.75) is 0 Å². The molecule has 12 heavy (non-hydrogen) atoms. The van der Waals surface area contributed by atoms with E-state index in [9.17, 15) is 8.76 Å². The molecule has 0 aromatic heterocycles. The molecule has 1 N–H and O–H groups in total. The molecule has 4 nitrogen and oxygen atoms in total. The third kappa shape index (κ3) is 3.47. The first-order valence-electron chi connectivity index (χ1n) is 3.27. The summed E-state index contributed by atoms with van der Waals surface area (Å²) in [6.45, 7) is 0. The van der Waals surface area contributed by atoms with E-state index >= 15 is 0 Å². The van der Waals surface area contributed by atoms with Crippen LogP contribution in [0.25, 0.3) is 0 Å². The first-order valence-corrected chi connectivity index (χ1v) is 5.09. The number of anilines is 1. The molecule has 0 amide bonds. The molecule has 0 aliphatic carbocycles. The third-order valence-corrected chi connectivity index (χ3v) is 1.47. The Balaban J connectivity index is 2.50. The Morgan fingerprint density at radius 3 is 2.42 bits per heavy atom. The highest BCUT2D eigenvalue weighted by Crippen LogP contribution is 2.07. The van der Waals surface area contributed by atoms with Gasteiger partial charge in [0.1, 0.15) is 0 Å². The van der Waals surface area contributed by atoms with Crippen molar-refractivity contribution in [1.82, 2.24) is 0 Å². The summed E-state index contributed by atoms with van der Waals surface area (Å²) >= 11 is 0. The van der Waals surface area contributed by atoms with Crippen LogP contribution in [-0.4, -0.2) is 6.26 Å². The van der Waals surface area contributed by atoms with Crippen molar-refractivity contribution in [2.24, 2.45) is 0 Å². The molecule has 1 aromatic carbocycles. The van der Waals surface area contributed by atoms with Crippen LogP contribution in [0.15, 0.2) is 30.3 Å². The van der Waals surface area contributed by atoms with Crippen molar-refractivity contribution in [3.63, 3.8) is 0 Å².